The number of rotatable bonds is 5. The summed E-state index contributed by atoms with van der Waals surface area (Å²) in [6.07, 6.45) is 0.246. The van der Waals surface area contributed by atoms with E-state index in [0.717, 1.165) is 13.1 Å². The van der Waals surface area contributed by atoms with Crippen molar-refractivity contribution < 1.29 is 22.7 Å². The Morgan fingerprint density at radius 2 is 2.03 bits per heavy atom. The summed E-state index contributed by atoms with van der Waals surface area (Å²) in [5.41, 5.74) is 6.89. The molecule has 0 atom stereocenters. The van der Waals surface area contributed by atoms with Crippen molar-refractivity contribution in [1.29, 1.82) is 0 Å². The predicted octanol–water partition coefficient (Wildman–Crippen LogP) is 3.38. The van der Waals surface area contributed by atoms with Crippen LogP contribution in [0.3, 0.4) is 0 Å². The molecule has 1 aromatic carbocycles. The monoisotopic (exact) mass is 445 g/mol. The van der Waals surface area contributed by atoms with Crippen LogP contribution in [0.25, 0.3) is 16.8 Å². The minimum atomic E-state index is -4.58. The SMILES string of the molecule is CCOc1cc(C(=O)Nc2cc(C(F)(F)F)n(C)n2)ccc1-c1ncn2ccnc(N)c12. The van der Waals surface area contributed by atoms with E-state index in [1.807, 2.05) is 0 Å². The van der Waals surface area contributed by atoms with Gasteiger partial charge in [0.15, 0.2) is 5.82 Å². The number of benzene rings is 1. The second-order valence-electron chi connectivity index (χ2n) is 6.80. The molecule has 0 aliphatic carbocycles. The van der Waals surface area contributed by atoms with Gasteiger partial charge in [-0.1, -0.05) is 0 Å². The molecule has 4 rings (SSSR count). The lowest BCUT2D eigenvalue weighted by Crippen LogP contribution is -2.13. The number of amides is 1. The summed E-state index contributed by atoms with van der Waals surface area (Å²) in [4.78, 5) is 21.1. The number of ether oxygens (including phenoxy) is 1. The average Bonchev–Trinajstić information content (AvgIpc) is 3.32. The van der Waals surface area contributed by atoms with Crippen LogP contribution >= 0.6 is 0 Å². The number of imidazole rings is 1. The zero-order valence-corrected chi connectivity index (χ0v) is 17.0. The van der Waals surface area contributed by atoms with Gasteiger partial charge < -0.3 is 20.2 Å². The lowest BCUT2D eigenvalue weighted by atomic mass is 10.1. The Balaban J connectivity index is 1.68. The number of nitrogen functional groups attached to an aromatic ring is 1. The average molecular weight is 445 g/mol. The Morgan fingerprint density at radius 3 is 2.72 bits per heavy atom. The molecule has 166 valence electrons. The number of carbonyl (C=O) groups is 1. The molecule has 0 unspecified atom stereocenters. The first-order valence-electron chi connectivity index (χ1n) is 9.46. The summed E-state index contributed by atoms with van der Waals surface area (Å²) in [6.45, 7) is 2.09. The highest BCUT2D eigenvalue weighted by Gasteiger charge is 2.35. The molecule has 0 bridgehead atoms. The van der Waals surface area contributed by atoms with Gasteiger partial charge in [0.1, 0.15) is 34.8 Å². The fraction of sp³-hybridized carbons (Fsp3) is 0.200. The third-order valence-corrected chi connectivity index (χ3v) is 4.69. The third-order valence-electron chi connectivity index (χ3n) is 4.69. The molecule has 0 spiro atoms. The number of hydrogen-bond acceptors (Lipinski definition) is 6. The number of carbonyl (C=O) groups excluding carboxylic acids is 1. The van der Waals surface area contributed by atoms with Gasteiger partial charge in [0.25, 0.3) is 5.91 Å². The van der Waals surface area contributed by atoms with Crippen molar-refractivity contribution in [1.82, 2.24) is 24.1 Å². The highest BCUT2D eigenvalue weighted by Crippen LogP contribution is 2.35. The Kier molecular flexibility index (Phi) is 5.20. The molecule has 0 saturated heterocycles. The van der Waals surface area contributed by atoms with Gasteiger partial charge in [-0.15, -0.1) is 0 Å². The molecule has 3 heterocycles. The van der Waals surface area contributed by atoms with Crippen molar-refractivity contribution in [2.75, 3.05) is 17.7 Å². The molecule has 9 nitrogen and oxygen atoms in total. The van der Waals surface area contributed by atoms with Gasteiger partial charge in [-0.2, -0.15) is 18.3 Å². The number of aromatic nitrogens is 5. The van der Waals surface area contributed by atoms with Crippen molar-refractivity contribution in [3.63, 3.8) is 0 Å². The van der Waals surface area contributed by atoms with Crippen molar-refractivity contribution >= 4 is 23.1 Å². The molecule has 4 aromatic rings. The minimum absolute atomic E-state index is 0.172. The van der Waals surface area contributed by atoms with Gasteiger partial charge in [0.05, 0.1) is 6.61 Å². The number of anilines is 2. The van der Waals surface area contributed by atoms with E-state index in [1.165, 1.54) is 12.1 Å². The van der Waals surface area contributed by atoms with Crippen LogP contribution in [0.15, 0.2) is 43.0 Å². The fourth-order valence-electron chi connectivity index (χ4n) is 3.29. The first-order chi connectivity index (χ1) is 15.2. The highest BCUT2D eigenvalue weighted by atomic mass is 19.4. The summed E-state index contributed by atoms with van der Waals surface area (Å²) in [5.74, 6) is -0.216. The molecule has 0 aliphatic heterocycles. The van der Waals surface area contributed by atoms with Gasteiger partial charge in [-0.05, 0) is 25.1 Å². The molecule has 3 aromatic heterocycles. The molecule has 12 heteroatoms. The van der Waals surface area contributed by atoms with Crippen LogP contribution in [0.5, 0.6) is 5.75 Å². The second kappa shape index (κ2) is 7.87. The Morgan fingerprint density at radius 1 is 1.25 bits per heavy atom. The molecule has 32 heavy (non-hydrogen) atoms. The maximum atomic E-state index is 13.0. The van der Waals surface area contributed by atoms with Crippen molar-refractivity contribution in [2.24, 2.45) is 7.05 Å². The van der Waals surface area contributed by atoms with Crippen LogP contribution in [0.2, 0.25) is 0 Å². The number of alkyl halides is 3. The summed E-state index contributed by atoms with van der Waals surface area (Å²) in [5, 5.41) is 6.08. The van der Waals surface area contributed by atoms with E-state index in [9.17, 15) is 18.0 Å². The van der Waals surface area contributed by atoms with Gasteiger partial charge >= 0.3 is 6.18 Å². The van der Waals surface area contributed by atoms with Crippen LogP contribution in [0, 0.1) is 0 Å². The molecule has 0 aliphatic rings. The molecule has 0 saturated carbocycles. The van der Waals surface area contributed by atoms with Crippen molar-refractivity contribution in [2.45, 2.75) is 13.1 Å². The van der Waals surface area contributed by atoms with Gasteiger partial charge in [0.2, 0.25) is 0 Å². The summed E-state index contributed by atoms with van der Waals surface area (Å²) < 4.78 is 47.0. The van der Waals surface area contributed by atoms with Gasteiger partial charge in [-0.25, -0.2) is 9.97 Å². The van der Waals surface area contributed by atoms with E-state index in [4.69, 9.17) is 10.5 Å². The Hall–Kier alpha value is -4.09. The minimum Gasteiger partial charge on any atom is -0.493 e. The highest BCUT2D eigenvalue weighted by molar-refractivity contribution is 6.04. The van der Waals surface area contributed by atoms with Crippen LogP contribution in [-0.4, -0.2) is 36.7 Å². The number of hydrogen-bond donors (Lipinski definition) is 2. The lowest BCUT2D eigenvalue weighted by Gasteiger charge is -2.11. The van der Waals surface area contributed by atoms with E-state index in [-0.39, 0.29) is 17.2 Å². The first-order valence-corrected chi connectivity index (χ1v) is 9.46. The summed E-state index contributed by atoms with van der Waals surface area (Å²) in [7, 11) is 1.15. The number of nitrogens with one attached hydrogen (secondary N) is 1. The first kappa shape index (κ1) is 21.2. The molecule has 1 amide bonds. The maximum absolute atomic E-state index is 13.0. The van der Waals surface area contributed by atoms with Crippen molar-refractivity contribution in [3.05, 3.63) is 54.2 Å². The molecular formula is C20H18F3N7O2. The number of nitrogens with two attached hydrogens (primary N) is 1. The molecule has 0 radical (unpaired) electrons. The van der Waals surface area contributed by atoms with Crippen LogP contribution in [-0.2, 0) is 13.2 Å². The van der Waals surface area contributed by atoms with Gasteiger partial charge in [-0.3, -0.25) is 9.48 Å². The molecule has 3 N–H and O–H groups in total. The zero-order valence-electron chi connectivity index (χ0n) is 17.0. The standard InChI is InChI=1S/C20H18F3N7O2/c1-3-32-13-8-11(19(31)27-15-9-14(20(21,22)23)29(2)28-15)4-5-12(13)16-17-18(24)25-6-7-30(17)10-26-16/h4-10H,3H2,1-2H3,(H2,24,25)(H,27,28,31). The lowest BCUT2D eigenvalue weighted by molar-refractivity contribution is -0.143. The van der Waals surface area contributed by atoms with Crippen LogP contribution in [0.1, 0.15) is 23.0 Å². The van der Waals surface area contributed by atoms with E-state index in [0.29, 0.717) is 33.8 Å². The quantitative estimate of drug-likeness (QED) is 0.487. The largest absolute Gasteiger partial charge is 0.493 e. The summed E-state index contributed by atoms with van der Waals surface area (Å²) in [6, 6.07) is 5.40. The fourth-order valence-corrected chi connectivity index (χ4v) is 3.29. The van der Waals surface area contributed by atoms with E-state index in [1.54, 1.807) is 36.1 Å². The molecular weight excluding hydrogens is 427 g/mol. The third kappa shape index (κ3) is 3.82. The maximum Gasteiger partial charge on any atom is 0.433 e. The topological polar surface area (TPSA) is 112 Å². The Labute approximate surface area is 179 Å². The molecule has 0 fully saturated rings. The summed E-state index contributed by atoms with van der Waals surface area (Å²) >= 11 is 0. The normalized spacial score (nSPS) is 11.7. The van der Waals surface area contributed by atoms with E-state index >= 15 is 0 Å². The number of aryl methyl sites for hydroxylation is 1. The van der Waals surface area contributed by atoms with Crippen molar-refractivity contribution in [3.8, 4) is 17.0 Å². The smallest absolute Gasteiger partial charge is 0.433 e. The zero-order chi connectivity index (χ0) is 23.0. The van der Waals surface area contributed by atoms with Crippen LogP contribution < -0.4 is 15.8 Å². The van der Waals surface area contributed by atoms with E-state index < -0.39 is 17.8 Å². The Bertz CT molecular complexity index is 1310. The number of fused-ring (bicyclic) bond motifs is 1. The number of nitrogens with zero attached hydrogens (tertiary/aromatic N) is 5. The predicted molar refractivity (Wildman–Crippen MR) is 110 cm³/mol. The van der Waals surface area contributed by atoms with Crippen LogP contribution in [0.4, 0.5) is 24.8 Å². The second-order valence-corrected chi connectivity index (χ2v) is 6.80. The number of halogens is 3. The van der Waals surface area contributed by atoms with Gasteiger partial charge in [0, 0.05) is 36.6 Å². The van der Waals surface area contributed by atoms with E-state index in [2.05, 4.69) is 20.4 Å².